The minimum Gasteiger partial charge on any atom is -0.797 e. The molecule has 0 unspecified atom stereocenters. The largest absolute Gasteiger partial charge is 4.00 e. The SMILES string of the molecule is Cc1cc(C)cc([N-]C(C)(C)C)c1.Cc1cc(C)cc([N-]C(C)(C)C)c1.Cc1cc(C)cc([N-]C(C)(C)C)c1.[Mo+4].[N-]=C(Sc1ccccc1)c1ccccc1. The molecule has 4 nitrogen and oxygen atoms in total. The van der Waals surface area contributed by atoms with Gasteiger partial charge in [0, 0.05) is 4.90 Å². The topological polar surface area (TPSA) is 64.6 Å². The van der Waals surface area contributed by atoms with Crippen LogP contribution in [0, 0.1) is 41.5 Å². The van der Waals surface area contributed by atoms with Gasteiger partial charge in [0.1, 0.15) is 0 Å². The molecule has 0 saturated carbocycles. The Morgan fingerprint density at radius 2 is 0.673 bits per heavy atom. The maximum atomic E-state index is 9.85. The second-order valence-corrected chi connectivity index (χ2v) is 18.0. The molecular weight excluding hydrogens is 773 g/mol. The number of nitrogens with zero attached hydrogens (tertiary/aromatic N) is 4. The van der Waals surface area contributed by atoms with E-state index < -0.39 is 0 Å². The van der Waals surface area contributed by atoms with Gasteiger partial charge < -0.3 is 21.4 Å². The van der Waals surface area contributed by atoms with Crippen molar-refractivity contribution in [3.8, 4) is 0 Å². The van der Waals surface area contributed by atoms with Gasteiger partial charge in [-0.2, -0.15) is 0 Å². The van der Waals surface area contributed by atoms with Crippen LogP contribution >= 0.6 is 11.8 Å². The molecule has 0 N–H and O–H groups in total. The normalized spacial score (nSPS) is 10.8. The third-order valence-corrected chi connectivity index (χ3v) is 7.93. The Morgan fingerprint density at radius 1 is 0.418 bits per heavy atom. The van der Waals surface area contributed by atoms with Gasteiger partial charge in [-0.15, -0.1) is 50.5 Å². The van der Waals surface area contributed by atoms with Crippen molar-refractivity contribution in [1.29, 1.82) is 0 Å². The molecule has 0 aromatic heterocycles. The van der Waals surface area contributed by atoms with Gasteiger partial charge >= 0.3 is 21.1 Å². The summed E-state index contributed by atoms with van der Waals surface area (Å²) in [4.78, 5) is 1.04. The molecule has 292 valence electrons. The standard InChI is InChI=1S/C13H10NS.3C12H18N.Mo/c14-13(11-7-3-1-4-8-11)15-12-9-5-2-6-10-12;3*1-9-6-10(2)8-11(7-9)13-12(3,4)5;/h1-10H;3*6-8H,1-5H3;/q4*-1;+4. The van der Waals surface area contributed by atoms with E-state index >= 15 is 0 Å². The number of aryl methyl sites for hydroxylation is 6. The molecule has 0 spiro atoms. The summed E-state index contributed by atoms with van der Waals surface area (Å²) in [5.41, 5.74) is 11.8. The van der Waals surface area contributed by atoms with Crippen LogP contribution in [0.3, 0.4) is 0 Å². The number of hydrogen-bond acceptors (Lipinski definition) is 1. The van der Waals surface area contributed by atoms with Gasteiger partial charge in [-0.25, -0.2) is 0 Å². The quantitative estimate of drug-likeness (QED) is 0.0753. The molecule has 0 bridgehead atoms. The van der Waals surface area contributed by atoms with Gasteiger partial charge in [-0.3, -0.25) is 0 Å². The fourth-order valence-corrected chi connectivity index (χ4v) is 6.22. The van der Waals surface area contributed by atoms with Crippen molar-refractivity contribution in [2.24, 2.45) is 0 Å². The van der Waals surface area contributed by atoms with E-state index in [0.29, 0.717) is 5.04 Å². The van der Waals surface area contributed by atoms with E-state index in [-0.39, 0.29) is 37.7 Å². The molecule has 0 radical (unpaired) electrons. The Kier molecular flexibility index (Phi) is 20.3. The third-order valence-electron chi connectivity index (χ3n) is 6.99. The maximum absolute atomic E-state index is 9.85. The monoisotopic (exact) mass is 838 g/mol. The van der Waals surface area contributed by atoms with E-state index in [1.165, 1.54) is 45.1 Å². The molecule has 0 fully saturated rings. The van der Waals surface area contributed by atoms with Crippen LogP contribution < -0.4 is 0 Å². The Morgan fingerprint density at radius 3 is 0.927 bits per heavy atom. The average Bonchev–Trinajstić information content (AvgIpc) is 2.99. The second-order valence-electron chi connectivity index (χ2n) is 17.0. The van der Waals surface area contributed by atoms with Crippen molar-refractivity contribution >= 4 is 33.9 Å². The summed E-state index contributed by atoms with van der Waals surface area (Å²) >= 11 is 1.37. The van der Waals surface area contributed by atoms with Crippen LogP contribution in [0.25, 0.3) is 21.4 Å². The average molecular weight is 837 g/mol. The van der Waals surface area contributed by atoms with Crippen molar-refractivity contribution in [3.05, 3.63) is 176 Å². The van der Waals surface area contributed by atoms with Gasteiger partial charge in [0.25, 0.3) is 0 Å². The molecule has 5 aromatic rings. The molecule has 6 heteroatoms. The van der Waals surface area contributed by atoms with E-state index in [9.17, 15) is 5.41 Å². The summed E-state index contributed by atoms with van der Waals surface area (Å²) in [5.74, 6) is 0. The van der Waals surface area contributed by atoms with Crippen LogP contribution in [0.5, 0.6) is 0 Å². The van der Waals surface area contributed by atoms with E-state index in [2.05, 4.69) is 174 Å². The van der Waals surface area contributed by atoms with Crippen LogP contribution in [0.15, 0.2) is 120 Å². The second kappa shape index (κ2) is 22.7. The maximum Gasteiger partial charge on any atom is 4.00 e. The predicted octanol–water partition coefficient (Wildman–Crippen LogP) is 16.1. The first-order valence-electron chi connectivity index (χ1n) is 18.7. The first-order valence-corrected chi connectivity index (χ1v) is 19.6. The summed E-state index contributed by atoms with van der Waals surface area (Å²) in [6, 6.07) is 38.6. The molecular formula is C49H64MoN4S. The molecule has 55 heavy (non-hydrogen) atoms. The van der Waals surface area contributed by atoms with E-state index in [4.69, 9.17) is 0 Å². The third kappa shape index (κ3) is 23.0. The Hall–Kier alpha value is -3.79. The predicted molar refractivity (Wildman–Crippen MR) is 242 cm³/mol. The molecule has 0 heterocycles. The van der Waals surface area contributed by atoms with Crippen molar-refractivity contribution in [3.63, 3.8) is 0 Å². The Labute approximate surface area is 353 Å². The van der Waals surface area contributed by atoms with Crippen molar-refractivity contribution in [2.75, 3.05) is 0 Å². The minimum absolute atomic E-state index is 0. The van der Waals surface area contributed by atoms with Crippen LogP contribution in [0.4, 0.5) is 17.1 Å². The Bertz CT molecular complexity index is 1670. The van der Waals surface area contributed by atoms with Crippen LogP contribution in [-0.4, -0.2) is 21.7 Å². The molecule has 0 atom stereocenters. The summed E-state index contributed by atoms with van der Waals surface area (Å²) in [6.45, 7) is 31.7. The van der Waals surface area contributed by atoms with E-state index in [1.807, 2.05) is 60.7 Å². The summed E-state index contributed by atoms with van der Waals surface area (Å²) in [6.07, 6.45) is 0. The molecule has 5 aromatic carbocycles. The first kappa shape index (κ1) is 49.2. The van der Waals surface area contributed by atoms with Gasteiger partial charge in [0.05, 0.1) is 0 Å². The van der Waals surface area contributed by atoms with Crippen LogP contribution in [0.2, 0.25) is 0 Å². The zero-order valence-electron chi connectivity index (χ0n) is 36.1. The fourth-order valence-electron chi connectivity index (χ4n) is 5.45. The van der Waals surface area contributed by atoms with Gasteiger partial charge in [-0.1, -0.05) is 199 Å². The van der Waals surface area contributed by atoms with E-state index in [0.717, 1.165) is 27.5 Å². The number of thioether (sulfide) groups is 1. The smallest absolute Gasteiger partial charge is 0.797 e. The molecule has 0 amide bonds. The summed E-state index contributed by atoms with van der Waals surface area (Å²) in [5, 5.41) is 24.0. The van der Waals surface area contributed by atoms with Crippen LogP contribution in [0.1, 0.15) is 101 Å². The van der Waals surface area contributed by atoms with Crippen molar-refractivity contribution in [1.82, 2.24) is 0 Å². The fraction of sp³-hybridized carbons (Fsp3) is 0.367. The van der Waals surface area contributed by atoms with Gasteiger partial charge in [-0.05, 0) is 59.2 Å². The zero-order chi connectivity index (χ0) is 40.7. The summed E-state index contributed by atoms with van der Waals surface area (Å²) < 4.78 is 0. The molecule has 0 aliphatic heterocycles. The van der Waals surface area contributed by atoms with Crippen LogP contribution in [-0.2, 0) is 21.1 Å². The first-order chi connectivity index (χ1) is 25.0. The number of hydrogen-bond donors (Lipinski definition) is 0. The van der Waals surface area contributed by atoms with E-state index in [1.54, 1.807) is 0 Å². The minimum atomic E-state index is 0. The van der Waals surface area contributed by atoms with Crippen molar-refractivity contribution < 1.29 is 21.1 Å². The molecule has 0 aliphatic rings. The Balaban J connectivity index is 0.000000365. The number of benzene rings is 5. The van der Waals surface area contributed by atoms with Crippen molar-refractivity contribution in [2.45, 2.75) is 125 Å². The molecule has 0 saturated heterocycles. The van der Waals surface area contributed by atoms with Gasteiger partial charge in [0.15, 0.2) is 0 Å². The number of rotatable bonds is 5. The zero-order valence-corrected chi connectivity index (χ0v) is 38.9. The van der Waals surface area contributed by atoms with Gasteiger partial charge in [0.2, 0.25) is 0 Å². The molecule has 5 rings (SSSR count). The summed E-state index contributed by atoms with van der Waals surface area (Å²) in [7, 11) is 0. The molecule has 0 aliphatic carbocycles.